The molecule has 0 aliphatic carbocycles. The number of carbonyl (C=O) groups excluding carboxylic acids is 1. The molecule has 2 aromatic rings. The number of nitrogen functional groups attached to an aromatic ring is 1. The first-order chi connectivity index (χ1) is 9.22. The highest BCUT2D eigenvalue weighted by atomic mass is 32.1. The van der Waals surface area contributed by atoms with Gasteiger partial charge < -0.3 is 10.6 Å². The van der Waals surface area contributed by atoms with E-state index in [1.54, 1.807) is 0 Å². The third kappa shape index (κ3) is 2.00. The number of anilines is 1. The van der Waals surface area contributed by atoms with Gasteiger partial charge in [0.15, 0.2) is 0 Å². The van der Waals surface area contributed by atoms with E-state index in [1.807, 2.05) is 29.2 Å². The van der Waals surface area contributed by atoms with Crippen LogP contribution in [0.4, 0.5) is 5.69 Å². The molecule has 1 aliphatic rings. The lowest BCUT2D eigenvalue weighted by atomic mass is 10.1. The first kappa shape index (κ1) is 12.5. The quantitative estimate of drug-likeness (QED) is 0.911. The highest BCUT2D eigenvalue weighted by Crippen LogP contribution is 2.35. The average Bonchev–Trinajstić information content (AvgIpc) is 3.03. The van der Waals surface area contributed by atoms with Crippen molar-refractivity contribution >= 4 is 33.0 Å². The molecular weight excluding hydrogens is 256 g/mol. The Balaban J connectivity index is 2.00. The number of thiophene rings is 1. The summed E-state index contributed by atoms with van der Waals surface area (Å²) in [7, 11) is 0. The van der Waals surface area contributed by atoms with Gasteiger partial charge in [-0.1, -0.05) is 25.1 Å². The van der Waals surface area contributed by atoms with Crippen LogP contribution in [0.5, 0.6) is 0 Å². The Morgan fingerprint density at radius 2 is 2.26 bits per heavy atom. The minimum atomic E-state index is 0.114. The Labute approximate surface area is 117 Å². The third-order valence-electron chi connectivity index (χ3n) is 3.94. The zero-order chi connectivity index (χ0) is 13.4. The summed E-state index contributed by atoms with van der Waals surface area (Å²) in [5, 5.41) is 1.00. The van der Waals surface area contributed by atoms with Gasteiger partial charge in [0.05, 0.1) is 5.69 Å². The van der Waals surface area contributed by atoms with Crippen LogP contribution < -0.4 is 5.73 Å². The van der Waals surface area contributed by atoms with E-state index in [4.69, 9.17) is 5.73 Å². The van der Waals surface area contributed by atoms with E-state index < -0.39 is 0 Å². The van der Waals surface area contributed by atoms with Crippen LogP contribution in [0, 0.1) is 0 Å². The van der Waals surface area contributed by atoms with Crippen LogP contribution in [0.1, 0.15) is 35.9 Å². The summed E-state index contributed by atoms with van der Waals surface area (Å²) in [5.74, 6) is 0.114. The number of amides is 1. The van der Waals surface area contributed by atoms with Gasteiger partial charge in [0.1, 0.15) is 4.88 Å². The topological polar surface area (TPSA) is 46.3 Å². The lowest BCUT2D eigenvalue weighted by Gasteiger charge is -2.23. The SMILES string of the molecule is CCC1CCCN1C(=O)c1sc2ccccc2c1N. The summed E-state index contributed by atoms with van der Waals surface area (Å²) in [4.78, 5) is 15.4. The minimum absolute atomic E-state index is 0.114. The van der Waals surface area contributed by atoms with Gasteiger partial charge in [0.2, 0.25) is 0 Å². The summed E-state index contributed by atoms with van der Waals surface area (Å²) in [6.45, 7) is 3.01. The summed E-state index contributed by atoms with van der Waals surface area (Å²) in [5.41, 5.74) is 6.80. The summed E-state index contributed by atoms with van der Waals surface area (Å²) in [6, 6.07) is 8.34. The van der Waals surface area contributed by atoms with Crippen LogP contribution in [0.15, 0.2) is 24.3 Å². The molecule has 4 heteroatoms. The Morgan fingerprint density at radius 1 is 1.47 bits per heavy atom. The highest BCUT2D eigenvalue weighted by Gasteiger charge is 2.30. The van der Waals surface area contributed by atoms with Gasteiger partial charge in [-0.25, -0.2) is 0 Å². The number of nitrogens with zero attached hydrogens (tertiary/aromatic N) is 1. The number of nitrogens with two attached hydrogens (primary N) is 1. The Kier molecular flexibility index (Phi) is 3.19. The molecule has 1 aromatic heterocycles. The standard InChI is InChI=1S/C15H18N2OS/c1-2-10-6-5-9-17(10)15(18)14-13(16)11-7-3-4-8-12(11)19-14/h3-4,7-8,10H,2,5-6,9,16H2,1H3. The van der Waals surface area contributed by atoms with Crippen molar-refractivity contribution < 1.29 is 4.79 Å². The number of hydrogen-bond acceptors (Lipinski definition) is 3. The van der Waals surface area contributed by atoms with E-state index in [2.05, 4.69) is 6.92 Å². The molecule has 3 rings (SSSR count). The minimum Gasteiger partial charge on any atom is -0.397 e. The summed E-state index contributed by atoms with van der Waals surface area (Å²) >= 11 is 1.52. The van der Waals surface area contributed by atoms with Gasteiger partial charge >= 0.3 is 0 Å². The van der Waals surface area contributed by atoms with Crippen LogP contribution in [0.25, 0.3) is 10.1 Å². The number of hydrogen-bond donors (Lipinski definition) is 1. The molecule has 1 atom stereocenters. The Morgan fingerprint density at radius 3 is 3.00 bits per heavy atom. The van der Waals surface area contributed by atoms with Crippen molar-refractivity contribution in [2.75, 3.05) is 12.3 Å². The molecule has 1 aliphatic heterocycles. The monoisotopic (exact) mass is 274 g/mol. The average molecular weight is 274 g/mol. The van der Waals surface area contributed by atoms with E-state index in [1.165, 1.54) is 11.3 Å². The lowest BCUT2D eigenvalue weighted by molar-refractivity contribution is 0.0739. The van der Waals surface area contributed by atoms with Crippen LogP contribution in [0.3, 0.4) is 0 Å². The van der Waals surface area contributed by atoms with Crippen LogP contribution in [-0.4, -0.2) is 23.4 Å². The molecule has 1 amide bonds. The maximum atomic E-state index is 12.7. The van der Waals surface area contributed by atoms with Gasteiger partial charge in [-0.3, -0.25) is 4.79 Å². The van der Waals surface area contributed by atoms with Crippen LogP contribution in [-0.2, 0) is 0 Å². The van der Waals surface area contributed by atoms with Crippen molar-refractivity contribution in [2.45, 2.75) is 32.2 Å². The Bertz CT molecular complexity index is 620. The van der Waals surface area contributed by atoms with Gasteiger partial charge in [0.25, 0.3) is 5.91 Å². The smallest absolute Gasteiger partial charge is 0.266 e. The molecule has 1 saturated heterocycles. The second kappa shape index (κ2) is 4.85. The van der Waals surface area contributed by atoms with E-state index in [9.17, 15) is 4.79 Å². The van der Waals surface area contributed by atoms with Gasteiger partial charge in [-0.05, 0) is 25.3 Å². The number of fused-ring (bicyclic) bond motifs is 1. The fraction of sp³-hybridized carbons (Fsp3) is 0.400. The van der Waals surface area contributed by atoms with Crippen molar-refractivity contribution in [3.63, 3.8) is 0 Å². The molecule has 0 saturated carbocycles. The fourth-order valence-electron chi connectivity index (χ4n) is 2.88. The van der Waals surface area contributed by atoms with E-state index >= 15 is 0 Å². The molecule has 19 heavy (non-hydrogen) atoms. The summed E-state index contributed by atoms with van der Waals surface area (Å²) in [6.07, 6.45) is 3.25. The number of carbonyl (C=O) groups is 1. The maximum Gasteiger partial charge on any atom is 0.266 e. The van der Waals surface area contributed by atoms with E-state index in [0.29, 0.717) is 16.6 Å². The van der Waals surface area contributed by atoms with Crippen LogP contribution in [0.2, 0.25) is 0 Å². The van der Waals surface area contributed by atoms with Gasteiger partial charge in [-0.2, -0.15) is 0 Å². The molecule has 0 spiro atoms. The van der Waals surface area contributed by atoms with Crippen molar-refractivity contribution in [1.82, 2.24) is 4.90 Å². The molecule has 2 heterocycles. The van der Waals surface area contributed by atoms with Gasteiger partial charge in [0, 0.05) is 22.7 Å². The zero-order valence-corrected chi connectivity index (χ0v) is 11.9. The van der Waals surface area contributed by atoms with E-state index in [0.717, 1.165) is 35.9 Å². The largest absolute Gasteiger partial charge is 0.397 e. The Hall–Kier alpha value is -1.55. The number of benzene rings is 1. The van der Waals surface area contributed by atoms with Crippen molar-refractivity contribution in [2.24, 2.45) is 0 Å². The van der Waals surface area contributed by atoms with E-state index in [-0.39, 0.29) is 5.91 Å². The van der Waals surface area contributed by atoms with Crippen molar-refractivity contribution in [3.8, 4) is 0 Å². The predicted molar refractivity (Wildman–Crippen MR) is 80.6 cm³/mol. The normalized spacial score (nSPS) is 19.2. The highest BCUT2D eigenvalue weighted by molar-refractivity contribution is 7.21. The molecule has 100 valence electrons. The van der Waals surface area contributed by atoms with Crippen molar-refractivity contribution in [3.05, 3.63) is 29.1 Å². The molecule has 1 fully saturated rings. The molecule has 1 aromatic carbocycles. The molecular formula is C15H18N2OS. The molecule has 1 unspecified atom stereocenters. The number of likely N-dealkylation sites (tertiary alicyclic amines) is 1. The molecule has 2 N–H and O–H groups in total. The first-order valence-electron chi connectivity index (χ1n) is 6.80. The van der Waals surface area contributed by atoms with Crippen molar-refractivity contribution in [1.29, 1.82) is 0 Å². The van der Waals surface area contributed by atoms with Gasteiger partial charge in [-0.15, -0.1) is 11.3 Å². The summed E-state index contributed by atoms with van der Waals surface area (Å²) < 4.78 is 1.09. The molecule has 0 radical (unpaired) electrons. The molecule has 0 bridgehead atoms. The molecule has 3 nitrogen and oxygen atoms in total. The second-order valence-corrected chi connectivity index (χ2v) is 6.10. The fourth-order valence-corrected chi connectivity index (χ4v) is 3.96. The zero-order valence-electron chi connectivity index (χ0n) is 11.1. The second-order valence-electron chi connectivity index (χ2n) is 5.04. The lowest BCUT2D eigenvalue weighted by Crippen LogP contribution is -2.34. The van der Waals surface area contributed by atoms with Crippen LogP contribution >= 0.6 is 11.3 Å². The predicted octanol–water partition coefficient (Wildman–Crippen LogP) is 3.50. The third-order valence-corrected chi connectivity index (χ3v) is 5.11. The maximum absolute atomic E-state index is 12.7. The number of rotatable bonds is 2. The first-order valence-corrected chi connectivity index (χ1v) is 7.62.